The number of carbonyl (C=O) groups excluding carboxylic acids is 1. The molecule has 2 rings (SSSR count). The first kappa shape index (κ1) is 25.3. The number of benzene rings is 1. The first-order valence-corrected chi connectivity index (χ1v) is 9.68. The molecule has 0 bridgehead atoms. The van der Waals surface area contributed by atoms with Crippen molar-refractivity contribution >= 4 is 41.7 Å². The third kappa shape index (κ3) is 9.53. The standard InChI is InChI=1S/C20H33N5O3.HI/c1-20(2,3)28-19(26)25-14-12-24(13-15-25)11-5-10-22-18(21)23-16-6-8-17(27-4)9-7-16;/h6-9H,5,10-15H2,1-4H3,(H3,21,22,23);1H. The van der Waals surface area contributed by atoms with Crippen molar-refractivity contribution in [2.45, 2.75) is 32.8 Å². The van der Waals surface area contributed by atoms with Crippen molar-refractivity contribution in [3.05, 3.63) is 24.3 Å². The highest BCUT2D eigenvalue weighted by atomic mass is 127. The van der Waals surface area contributed by atoms with E-state index in [1.54, 1.807) is 12.0 Å². The SMILES string of the molecule is COc1ccc(NC(N)=NCCCN2CCN(C(=O)OC(C)(C)C)CC2)cc1.I. The number of hydrogen-bond acceptors (Lipinski definition) is 5. The Morgan fingerprint density at radius 2 is 1.79 bits per heavy atom. The highest BCUT2D eigenvalue weighted by Crippen LogP contribution is 2.15. The number of amides is 1. The number of anilines is 1. The Kier molecular flexibility index (Phi) is 10.5. The van der Waals surface area contributed by atoms with E-state index in [1.165, 1.54) is 0 Å². The molecule has 1 aliphatic rings. The third-order valence-corrected chi connectivity index (χ3v) is 4.30. The van der Waals surface area contributed by atoms with Gasteiger partial charge < -0.3 is 25.4 Å². The van der Waals surface area contributed by atoms with E-state index in [9.17, 15) is 4.79 Å². The first-order valence-electron chi connectivity index (χ1n) is 9.68. The minimum absolute atomic E-state index is 0. The second-order valence-electron chi connectivity index (χ2n) is 7.78. The maximum Gasteiger partial charge on any atom is 0.410 e. The fourth-order valence-electron chi connectivity index (χ4n) is 2.84. The quantitative estimate of drug-likeness (QED) is 0.260. The lowest BCUT2D eigenvalue weighted by Gasteiger charge is -2.35. The van der Waals surface area contributed by atoms with E-state index < -0.39 is 5.60 Å². The lowest BCUT2D eigenvalue weighted by atomic mass is 10.2. The van der Waals surface area contributed by atoms with E-state index in [4.69, 9.17) is 15.2 Å². The molecule has 0 aromatic heterocycles. The predicted molar refractivity (Wildman–Crippen MR) is 127 cm³/mol. The Hall–Kier alpha value is -1.75. The van der Waals surface area contributed by atoms with Crippen LogP contribution < -0.4 is 15.8 Å². The normalized spacial score (nSPS) is 15.4. The van der Waals surface area contributed by atoms with Crippen molar-refractivity contribution in [1.82, 2.24) is 9.80 Å². The average molecular weight is 519 g/mol. The summed E-state index contributed by atoms with van der Waals surface area (Å²) in [6, 6.07) is 7.52. The predicted octanol–water partition coefficient (Wildman–Crippen LogP) is 2.98. The number of hydrogen-bond donors (Lipinski definition) is 2. The zero-order valence-corrected chi connectivity index (χ0v) is 20.1. The van der Waals surface area contributed by atoms with Crippen molar-refractivity contribution in [2.24, 2.45) is 10.7 Å². The number of ether oxygens (including phenoxy) is 2. The van der Waals surface area contributed by atoms with Crippen molar-refractivity contribution in [1.29, 1.82) is 0 Å². The molecule has 1 aromatic rings. The summed E-state index contributed by atoms with van der Waals surface area (Å²) in [6.45, 7) is 10.3. The van der Waals surface area contributed by atoms with Crippen LogP contribution in [0.3, 0.4) is 0 Å². The van der Waals surface area contributed by atoms with E-state index in [2.05, 4.69) is 15.2 Å². The zero-order chi connectivity index (χ0) is 20.6. The number of carbonyl (C=O) groups is 1. The molecule has 8 nitrogen and oxygen atoms in total. The van der Waals surface area contributed by atoms with Gasteiger partial charge in [-0.1, -0.05) is 0 Å². The summed E-state index contributed by atoms with van der Waals surface area (Å²) in [7, 11) is 1.63. The number of nitrogens with zero attached hydrogens (tertiary/aromatic N) is 3. The summed E-state index contributed by atoms with van der Waals surface area (Å²) < 4.78 is 10.6. The first-order chi connectivity index (χ1) is 13.3. The van der Waals surface area contributed by atoms with Crippen molar-refractivity contribution < 1.29 is 14.3 Å². The summed E-state index contributed by atoms with van der Waals surface area (Å²) in [5.74, 6) is 1.20. The molecular weight excluding hydrogens is 485 g/mol. The van der Waals surface area contributed by atoms with E-state index in [-0.39, 0.29) is 30.1 Å². The molecule has 1 amide bonds. The number of methoxy groups -OCH3 is 1. The van der Waals surface area contributed by atoms with Crippen LogP contribution in [0.25, 0.3) is 0 Å². The molecule has 0 unspecified atom stereocenters. The number of piperazine rings is 1. The van der Waals surface area contributed by atoms with Crippen LogP contribution in [0.1, 0.15) is 27.2 Å². The topological polar surface area (TPSA) is 92.4 Å². The largest absolute Gasteiger partial charge is 0.497 e. The van der Waals surface area contributed by atoms with Gasteiger partial charge in [0.05, 0.1) is 7.11 Å². The number of nitrogens with two attached hydrogens (primary N) is 1. The van der Waals surface area contributed by atoms with Gasteiger partial charge in [0.25, 0.3) is 0 Å². The van der Waals surface area contributed by atoms with Gasteiger partial charge in [-0.05, 0) is 51.5 Å². The molecule has 1 heterocycles. The van der Waals surface area contributed by atoms with Crippen LogP contribution in [-0.4, -0.2) is 73.8 Å². The Bertz CT molecular complexity index is 653. The molecular formula is C20H34IN5O3. The van der Waals surface area contributed by atoms with Gasteiger partial charge in [-0.25, -0.2) is 4.79 Å². The molecule has 0 saturated carbocycles. The molecule has 0 atom stereocenters. The van der Waals surface area contributed by atoms with E-state index in [1.807, 2.05) is 45.0 Å². The highest BCUT2D eigenvalue weighted by molar-refractivity contribution is 14.0. The highest BCUT2D eigenvalue weighted by Gasteiger charge is 2.25. The Labute approximate surface area is 190 Å². The number of nitrogens with one attached hydrogen (secondary N) is 1. The van der Waals surface area contributed by atoms with Crippen LogP contribution in [0.2, 0.25) is 0 Å². The fraction of sp³-hybridized carbons (Fsp3) is 0.600. The monoisotopic (exact) mass is 519 g/mol. The minimum Gasteiger partial charge on any atom is -0.497 e. The van der Waals surface area contributed by atoms with Crippen LogP contribution in [0.15, 0.2) is 29.3 Å². The second kappa shape index (κ2) is 12.1. The Morgan fingerprint density at radius 1 is 1.17 bits per heavy atom. The van der Waals surface area contributed by atoms with E-state index in [0.29, 0.717) is 25.6 Å². The summed E-state index contributed by atoms with van der Waals surface area (Å²) in [4.78, 5) is 20.6. The molecule has 1 saturated heterocycles. The van der Waals surface area contributed by atoms with Gasteiger partial charge in [-0.3, -0.25) is 9.89 Å². The van der Waals surface area contributed by atoms with Gasteiger partial charge in [0, 0.05) is 45.0 Å². The lowest BCUT2D eigenvalue weighted by molar-refractivity contribution is 0.0145. The van der Waals surface area contributed by atoms with Crippen LogP contribution >= 0.6 is 24.0 Å². The summed E-state index contributed by atoms with van der Waals surface area (Å²) >= 11 is 0. The fourth-order valence-corrected chi connectivity index (χ4v) is 2.84. The van der Waals surface area contributed by atoms with Crippen LogP contribution in [0.5, 0.6) is 5.75 Å². The van der Waals surface area contributed by atoms with E-state index in [0.717, 1.165) is 37.5 Å². The van der Waals surface area contributed by atoms with Gasteiger partial charge in [-0.15, -0.1) is 24.0 Å². The molecule has 0 radical (unpaired) electrons. The molecule has 164 valence electrons. The van der Waals surface area contributed by atoms with Gasteiger partial charge in [0.15, 0.2) is 5.96 Å². The molecule has 3 N–H and O–H groups in total. The molecule has 0 aliphatic carbocycles. The smallest absolute Gasteiger partial charge is 0.410 e. The number of aliphatic imine (C=N–C) groups is 1. The van der Waals surface area contributed by atoms with Crippen molar-refractivity contribution in [2.75, 3.05) is 51.7 Å². The third-order valence-electron chi connectivity index (χ3n) is 4.30. The van der Waals surface area contributed by atoms with Crippen LogP contribution in [0, 0.1) is 0 Å². The molecule has 1 fully saturated rings. The number of rotatable bonds is 6. The summed E-state index contributed by atoms with van der Waals surface area (Å²) in [5.41, 5.74) is 6.36. The Morgan fingerprint density at radius 3 is 2.34 bits per heavy atom. The Balaban J connectivity index is 0.00000420. The molecule has 9 heteroatoms. The number of guanidine groups is 1. The van der Waals surface area contributed by atoms with Crippen LogP contribution in [-0.2, 0) is 4.74 Å². The van der Waals surface area contributed by atoms with Gasteiger partial charge >= 0.3 is 6.09 Å². The molecule has 29 heavy (non-hydrogen) atoms. The van der Waals surface area contributed by atoms with Crippen LogP contribution in [0.4, 0.5) is 10.5 Å². The van der Waals surface area contributed by atoms with Gasteiger partial charge in [-0.2, -0.15) is 0 Å². The van der Waals surface area contributed by atoms with Gasteiger partial charge in [0.1, 0.15) is 11.4 Å². The summed E-state index contributed by atoms with van der Waals surface area (Å²) in [6.07, 6.45) is 0.686. The summed E-state index contributed by atoms with van der Waals surface area (Å²) in [5, 5.41) is 3.07. The van der Waals surface area contributed by atoms with Crippen molar-refractivity contribution in [3.8, 4) is 5.75 Å². The number of halogens is 1. The molecule has 1 aliphatic heterocycles. The lowest BCUT2D eigenvalue weighted by Crippen LogP contribution is -2.50. The van der Waals surface area contributed by atoms with Crippen molar-refractivity contribution in [3.63, 3.8) is 0 Å². The average Bonchev–Trinajstić information content (AvgIpc) is 2.65. The maximum atomic E-state index is 12.1. The van der Waals surface area contributed by atoms with E-state index >= 15 is 0 Å². The molecule has 0 spiro atoms. The maximum absolute atomic E-state index is 12.1. The zero-order valence-electron chi connectivity index (χ0n) is 17.8. The minimum atomic E-state index is -0.452. The molecule has 1 aromatic carbocycles. The second-order valence-corrected chi connectivity index (χ2v) is 7.78. The van der Waals surface area contributed by atoms with Gasteiger partial charge in [0.2, 0.25) is 0 Å².